The molecule has 1 aromatic rings. The van der Waals surface area contributed by atoms with E-state index >= 15 is 0 Å². The van der Waals surface area contributed by atoms with Crippen LogP contribution in [0, 0.1) is 12.8 Å². The maximum Gasteiger partial charge on any atom is 0.191 e. The number of aliphatic imine (C=N–C) groups is 1. The van der Waals surface area contributed by atoms with Crippen molar-refractivity contribution < 1.29 is 14.2 Å². The summed E-state index contributed by atoms with van der Waals surface area (Å²) in [5, 5.41) is 6.65. The summed E-state index contributed by atoms with van der Waals surface area (Å²) >= 11 is 0. The summed E-state index contributed by atoms with van der Waals surface area (Å²) in [6.45, 7) is 6.54. The van der Waals surface area contributed by atoms with Crippen molar-refractivity contribution in [1.29, 1.82) is 0 Å². The van der Waals surface area contributed by atoms with Gasteiger partial charge < -0.3 is 24.8 Å². The summed E-state index contributed by atoms with van der Waals surface area (Å²) in [5.41, 5.74) is 2.31. The Bertz CT molecular complexity index is 602. The lowest BCUT2D eigenvalue weighted by Gasteiger charge is -2.18. The van der Waals surface area contributed by atoms with E-state index in [0.717, 1.165) is 49.4 Å². The molecule has 1 aromatic carbocycles. The lowest BCUT2D eigenvalue weighted by molar-refractivity contribution is 0.129. The Balaban J connectivity index is 0.00000261. The lowest BCUT2D eigenvalue weighted by atomic mass is 10.1. The third-order valence-electron chi connectivity index (χ3n) is 4.66. The number of nitrogens with zero attached hydrogens (tertiary/aromatic N) is 1. The van der Waals surface area contributed by atoms with Crippen molar-refractivity contribution in [2.24, 2.45) is 10.9 Å². The molecule has 1 saturated heterocycles. The minimum absolute atomic E-state index is 0. The molecule has 2 fully saturated rings. The molecule has 1 aliphatic heterocycles. The number of hydrogen-bond acceptors (Lipinski definition) is 4. The van der Waals surface area contributed by atoms with Crippen molar-refractivity contribution in [2.75, 3.05) is 40.0 Å². The van der Waals surface area contributed by atoms with Gasteiger partial charge >= 0.3 is 0 Å². The van der Waals surface area contributed by atoms with Crippen LogP contribution in [0.3, 0.4) is 0 Å². The summed E-state index contributed by atoms with van der Waals surface area (Å²) in [4.78, 5) is 4.28. The minimum atomic E-state index is 0. The first-order valence-electron chi connectivity index (χ1n) is 9.61. The third kappa shape index (κ3) is 7.83. The fourth-order valence-corrected chi connectivity index (χ4v) is 2.88. The van der Waals surface area contributed by atoms with Crippen molar-refractivity contribution in [2.45, 2.75) is 38.8 Å². The number of benzene rings is 1. The summed E-state index contributed by atoms with van der Waals surface area (Å²) in [6.07, 6.45) is 3.75. The quantitative estimate of drug-likeness (QED) is 0.242. The van der Waals surface area contributed by atoms with E-state index in [0.29, 0.717) is 19.8 Å². The molecule has 2 N–H and O–H groups in total. The van der Waals surface area contributed by atoms with Crippen molar-refractivity contribution >= 4 is 29.9 Å². The van der Waals surface area contributed by atoms with E-state index in [1.165, 1.54) is 18.4 Å². The van der Waals surface area contributed by atoms with Crippen LogP contribution in [0.4, 0.5) is 0 Å². The minimum Gasteiger partial charge on any atom is -0.488 e. The van der Waals surface area contributed by atoms with Gasteiger partial charge in [-0.2, -0.15) is 0 Å². The zero-order valence-electron chi connectivity index (χ0n) is 16.3. The SMILES string of the molecule is CN=C(NCCOCC1CC1)NCc1ccc(C)cc1OC1CCOC1.I. The van der Waals surface area contributed by atoms with Crippen LogP contribution in [0.5, 0.6) is 5.75 Å². The van der Waals surface area contributed by atoms with E-state index in [-0.39, 0.29) is 30.1 Å². The van der Waals surface area contributed by atoms with Crippen molar-refractivity contribution in [3.63, 3.8) is 0 Å². The normalized spacial score (nSPS) is 19.5. The molecule has 27 heavy (non-hydrogen) atoms. The molecular formula is C20H32IN3O3. The Labute approximate surface area is 179 Å². The molecule has 2 aliphatic rings. The molecule has 1 aliphatic carbocycles. The van der Waals surface area contributed by atoms with E-state index in [1.807, 2.05) is 0 Å². The first-order valence-corrected chi connectivity index (χ1v) is 9.61. The van der Waals surface area contributed by atoms with Gasteiger partial charge in [-0.15, -0.1) is 24.0 Å². The van der Waals surface area contributed by atoms with Crippen LogP contribution in [0.15, 0.2) is 23.2 Å². The molecule has 0 amide bonds. The zero-order chi connectivity index (χ0) is 18.2. The number of nitrogens with one attached hydrogen (secondary N) is 2. The highest BCUT2D eigenvalue weighted by Gasteiger charge is 2.21. The third-order valence-corrected chi connectivity index (χ3v) is 4.66. The van der Waals surface area contributed by atoms with Gasteiger partial charge in [0.25, 0.3) is 0 Å². The first kappa shape index (κ1) is 22.2. The van der Waals surface area contributed by atoms with Gasteiger partial charge in [-0.25, -0.2) is 0 Å². The van der Waals surface area contributed by atoms with E-state index in [2.05, 4.69) is 40.7 Å². The number of rotatable bonds is 9. The maximum atomic E-state index is 6.15. The van der Waals surface area contributed by atoms with Crippen LogP contribution in [0.2, 0.25) is 0 Å². The van der Waals surface area contributed by atoms with Crippen LogP contribution >= 0.6 is 24.0 Å². The predicted molar refractivity (Wildman–Crippen MR) is 118 cm³/mol. The average molecular weight is 489 g/mol. The molecular weight excluding hydrogens is 457 g/mol. The number of hydrogen-bond donors (Lipinski definition) is 2. The Morgan fingerprint density at radius 2 is 2.11 bits per heavy atom. The second-order valence-corrected chi connectivity index (χ2v) is 7.09. The molecule has 0 bridgehead atoms. The molecule has 1 atom stereocenters. The van der Waals surface area contributed by atoms with Gasteiger partial charge in [0, 0.05) is 38.7 Å². The highest BCUT2D eigenvalue weighted by atomic mass is 127. The first-order chi connectivity index (χ1) is 12.7. The van der Waals surface area contributed by atoms with Gasteiger partial charge in [0.15, 0.2) is 5.96 Å². The summed E-state index contributed by atoms with van der Waals surface area (Å²) in [6, 6.07) is 6.31. The zero-order valence-corrected chi connectivity index (χ0v) is 18.7. The molecule has 0 radical (unpaired) electrons. The predicted octanol–water partition coefficient (Wildman–Crippen LogP) is 2.87. The van der Waals surface area contributed by atoms with Crippen LogP contribution in [-0.4, -0.2) is 52.1 Å². The maximum absolute atomic E-state index is 6.15. The fourth-order valence-electron chi connectivity index (χ4n) is 2.88. The second-order valence-electron chi connectivity index (χ2n) is 7.09. The molecule has 152 valence electrons. The number of aryl methyl sites for hydroxylation is 1. The van der Waals surface area contributed by atoms with Crippen LogP contribution < -0.4 is 15.4 Å². The highest BCUT2D eigenvalue weighted by Crippen LogP contribution is 2.28. The van der Waals surface area contributed by atoms with Gasteiger partial charge in [-0.05, 0) is 37.3 Å². The van der Waals surface area contributed by atoms with Crippen molar-refractivity contribution in [1.82, 2.24) is 10.6 Å². The summed E-state index contributed by atoms with van der Waals surface area (Å²) < 4.78 is 17.2. The van der Waals surface area contributed by atoms with Gasteiger partial charge in [-0.3, -0.25) is 4.99 Å². The molecule has 1 saturated carbocycles. The molecule has 6 nitrogen and oxygen atoms in total. The highest BCUT2D eigenvalue weighted by molar-refractivity contribution is 14.0. The average Bonchev–Trinajstić information content (AvgIpc) is 3.33. The molecule has 0 aromatic heterocycles. The Morgan fingerprint density at radius 3 is 2.81 bits per heavy atom. The van der Waals surface area contributed by atoms with Crippen LogP contribution in [-0.2, 0) is 16.0 Å². The smallest absolute Gasteiger partial charge is 0.191 e. The van der Waals surface area contributed by atoms with E-state index < -0.39 is 0 Å². The van der Waals surface area contributed by atoms with E-state index in [9.17, 15) is 0 Å². The lowest BCUT2D eigenvalue weighted by Crippen LogP contribution is -2.38. The van der Waals surface area contributed by atoms with Crippen LogP contribution in [0.25, 0.3) is 0 Å². The monoisotopic (exact) mass is 489 g/mol. The topological polar surface area (TPSA) is 64.1 Å². The van der Waals surface area contributed by atoms with E-state index in [4.69, 9.17) is 14.2 Å². The molecule has 1 unspecified atom stereocenters. The van der Waals surface area contributed by atoms with Crippen molar-refractivity contribution in [3.8, 4) is 5.75 Å². The molecule has 1 heterocycles. The van der Waals surface area contributed by atoms with Crippen LogP contribution in [0.1, 0.15) is 30.4 Å². The van der Waals surface area contributed by atoms with Gasteiger partial charge in [0.2, 0.25) is 0 Å². The van der Waals surface area contributed by atoms with Gasteiger partial charge in [-0.1, -0.05) is 12.1 Å². The largest absolute Gasteiger partial charge is 0.488 e. The fraction of sp³-hybridized carbons (Fsp3) is 0.650. The standard InChI is InChI=1S/C20H31N3O3.HI/c1-15-3-6-17(19(11-15)26-18-7-9-24-14-18)12-23-20(21-2)22-8-10-25-13-16-4-5-16;/h3,6,11,16,18H,4-5,7-10,12-14H2,1-2H3,(H2,21,22,23);1H. The molecule has 3 rings (SSSR count). The van der Waals surface area contributed by atoms with Gasteiger partial charge in [0.1, 0.15) is 11.9 Å². The van der Waals surface area contributed by atoms with Crippen molar-refractivity contribution in [3.05, 3.63) is 29.3 Å². The summed E-state index contributed by atoms with van der Waals surface area (Å²) in [7, 11) is 1.78. The second kappa shape index (κ2) is 11.7. The number of ether oxygens (including phenoxy) is 3. The number of guanidine groups is 1. The molecule has 0 spiro atoms. The Hall–Kier alpha value is -1.06. The summed E-state index contributed by atoms with van der Waals surface area (Å²) in [5.74, 6) is 2.50. The van der Waals surface area contributed by atoms with Gasteiger partial charge in [0.05, 0.1) is 19.8 Å². The Kier molecular flexibility index (Phi) is 9.64. The Morgan fingerprint density at radius 1 is 1.26 bits per heavy atom. The number of halogens is 1. The van der Waals surface area contributed by atoms with E-state index in [1.54, 1.807) is 7.05 Å². The molecule has 7 heteroatoms.